The SMILES string of the molecule is C=CC(=O)C(C=C)C(=O)O. The lowest BCUT2D eigenvalue weighted by Gasteiger charge is -1.99. The van der Waals surface area contributed by atoms with Gasteiger partial charge in [0.05, 0.1) is 0 Å². The minimum Gasteiger partial charge on any atom is -0.480 e. The molecule has 0 aromatic heterocycles. The van der Waals surface area contributed by atoms with Crippen LogP contribution in [0.15, 0.2) is 25.3 Å². The first-order valence-corrected chi connectivity index (χ1v) is 2.65. The van der Waals surface area contributed by atoms with E-state index in [-0.39, 0.29) is 0 Å². The van der Waals surface area contributed by atoms with E-state index in [1.165, 1.54) is 0 Å². The van der Waals surface area contributed by atoms with E-state index in [1.807, 2.05) is 0 Å². The molecule has 1 unspecified atom stereocenters. The van der Waals surface area contributed by atoms with Gasteiger partial charge in [0.25, 0.3) is 0 Å². The Morgan fingerprint density at radius 3 is 2.00 bits per heavy atom. The zero-order valence-electron chi connectivity index (χ0n) is 5.41. The van der Waals surface area contributed by atoms with Crippen LogP contribution in [-0.4, -0.2) is 16.9 Å². The van der Waals surface area contributed by atoms with Crippen LogP contribution in [0, 0.1) is 5.92 Å². The number of ketones is 1. The molecular formula is C7H8O3. The normalized spacial score (nSPS) is 11.6. The van der Waals surface area contributed by atoms with Gasteiger partial charge in [-0.2, -0.15) is 0 Å². The minimum atomic E-state index is -1.19. The van der Waals surface area contributed by atoms with Gasteiger partial charge in [-0.15, -0.1) is 6.58 Å². The minimum absolute atomic E-state index is 0.539. The molecule has 1 atom stereocenters. The molecule has 0 saturated carbocycles. The van der Waals surface area contributed by atoms with E-state index in [0.717, 1.165) is 12.2 Å². The summed E-state index contributed by atoms with van der Waals surface area (Å²) in [7, 11) is 0. The molecule has 0 fully saturated rings. The molecule has 54 valence electrons. The Kier molecular flexibility index (Phi) is 3.11. The predicted molar refractivity (Wildman–Crippen MR) is 36.5 cm³/mol. The lowest BCUT2D eigenvalue weighted by atomic mass is 10.1. The number of carboxylic acid groups (broad SMARTS) is 1. The second-order valence-electron chi connectivity index (χ2n) is 1.66. The Labute approximate surface area is 58.7 Å². The van der Waals surface area contributed by atoms with E-state index in [2.05, 4.69) is 13.2 Å². The third-order valence-corrected chi connectivity index (χ3v) is 1.01. The molecule has 0 heterocycles. The van der Waals surface area contributed by atoms with Crippen molar-refractivity contribution in [2.75, 3.05) is 0 Å². The molecule has 0 spiro atoms. The highest BCUT2D eigenvalue weighted by Crippen LogP contribution is 1.99. The van der Waals surface area contributed by atoms with Crippen molar-refractivity contribution in [3.8, 4) is 0 Å². The molecule has 0 aliphatic heterocycles. The third kappa shape index (κ3) is 1.85. The summed E-state index contributed by atoms with van der Waals surface area (Å²) in [5, 5.41) is 8.33. The van der Waals surface area contributed by atoms with Crippen molar-refractivity contribution in [1.82, 2.24) is 0 Å². The molecule has 0 radical (unpaired) electrons. The topological polar surface area (TPSA) is 54.4 Å². The highest BCUT2D eigenvalue weighted by atomic mass is 16.4. The molecule has 0 aromatic rings. The fourth-order valence-corrected chi connectivity index (χ4v) is 0.466. The molecule has 10 heavy (non-hydrogen) atoms. The van der Waals surface area contributed by atoms with Crippen LogP contribution in [0.25, 0.3) is 0 Å². The van der Waals surface area contributed by atoms with Gasteiger partial charge in [-0.05, 0) is 6.08 Å². The summed E-state index contributed by atoms with van der Waals surface area (Å²) in [6, 6.07) is 0. The van der Waals surface area contributed by atoms with Crippen molar-refractivity contribution in [3.63, 3.8) is 0 Å². The first-order chi connectivity index (χ1) is 4.63. The zero-order chi connectivity index (χ0) is 8.15. The summed E-state index contributed by atoms with van der Waals surface area (Å²) >= 11 is 0. The zero-order valence-corrected chi connectivity index (χ0v) is 5.41. The number of carboxylic acids is 1. The molecule has 0 aromatic carbocycles. The lowest BCUT2D eigenvalue weighted by molar-refractivity contribution is -0.142. The molecule has 3 nitrogen and oxygen atoms in total. The van der Waals surface area contributed by atoms with Crippen LogP contribution in [0.2, 0.25) is 0 Å². The van der Waals surface area contributed by atoms with E-state index in [0.29, 0.717) is 0 Å². The predicted octanol–water partition coefficient (Wildman–Crippen LogP) is 0.628. The third-order valence-electron chi connectivity index (χ3n) is 1.01. The Balaban J connectivity index is 4.34. The average Bonchev–Trinajstić information content (AvgIpc) is 1.88. The molecule has 0 aliphatic rings. The average molecular weight is 140 g/mol. The standard InChI is InChI=1S/C7H8O3/c1-3-5(7(9)10)6(8)4-2/h3-5H,1-2H2,(H,9,10). The summed E-state index contributed by atoms with van der Waals surface area (Å²) in [4.78, 5) is 20.8. The fraction of sp³-hybridized carbons (Fsp3) is 0.143. The summed E-state index contributed by atoms with van der Waals surface area (Å²) in [5.74, 6) is -2.88. The molecule has 0 amide bonds. The fourth-order valence-electron chi connectivity index (χ4n) is 0.466. The van der Waals surface area contributed by atoms with Crippen LogP contribution in [-0.2, 0) is 9.59 Å². The number of carbonyl (C=O) groups is 2. The van der Waals surface area contributed by atoms with Crippen LogP contribution in [0.3, 0.4) is 0 Å². The van der Waals surface area contributed by atoms with Gasteiger partial charge in [-0.1, -0.05) is 12.7 Å². The van der Waals surface area contributed by atoms with Gasteiger partial charge in [-0.25, -0.2) is 0 Å². The van der Waals surface area contributed by atoms with Gasteiger partial charge in [0.1, 0.15) is 5.92 Å². The van der Waals surface area contributed by atoms with Crippen molar-refractivity contribution in [1.29, 1.82) is 0 Å². The van der Waals surface area contributed by atoms with Crippen molar-refractivity contribution >= 4 is 11.8 Å². The van der Waals surface area contributed by atoms with E-state index in [9.17, 15) is 9.59 Å². The second kappa shape index (κ2) is 3.61. The Morgan fingerprint density at radius 2 is 1.90 bits per heavy atom. The molecule has 0 bridgehead atoms. The first-order valence-electron chi connectivity index (χ1n) is 2.65. The Morgan fingerprint density at radius 1 is 1.40 bits per heavy atom. The summed E-state index contributed by atoms with van der Waals surface area (Å²) in [6.07, 6.45) is 2.05. The van der Waals surface area contributed by atoms with Gasteiger partial charge in [-0.3, -0.25) is 9.59 Å². The maximum absolute atomic E-state index is 10.6. The highest BCUT2D eigenvalue weighted by molar-refractivity contribution is 6.05. The summed E-state index contributed by atoms with van der Waals surface area (Å²) in [5.41, 5.74) is 0. The van der Waals surface area contributed by atoms with Gasteiger partial charge in [0, 0.05) is 0 Å². The number of carbonyl (C=O) groups excluding carboxylic acids is 1. The molecule has 3 heteroatoms. The lowest BCUT2D eigenvalue weighted by Crippen LogP contribution is -2.19. The monoisotopic (exact) mass is 140 g/mol. The maximum atomic E-state index is 10.6. The number of hydrogen-bond donors (Lipinski definition) is 1. The number of aliphatic carboxylic acids is 1. The van der Waals surface area contributed by atoms with Gasteiger partial charge in [0.2, 0.25) is 0 Å². The van der Waals surface area contributed by atoms with Crippen LogP contribution in [0.1, 0.15) is 0 Å². The molecular weight excluding hydrogens is 132 g/mol. The van der Waals surface area contributed by atoms with Crippen molar-refractivity contribution in [3.05, 3.63) is 25.3 Å². The van der Waals surface area contributed by atoms with Gasteiger partial charge < -0.3 is 5.11 Å². The number of allylic oxidation sites excluding steroid dienone is 1. The van der Waals surface area contributed by atoms with Crippen molar-refractivity contribution in [2.45, 2.75) is 0 Å². The van der Waals surface area contributed by atoms with E-state index in [4.69, 9.17) is 5.11 Å². The molecule has 0 rings (SSSR count). The molecule has 0 saturated heterocycles. The Hall–Kier alpha value is -1.38. The van der Waals surface area contributed by atoms with Gasteiger partial charge in [0.15, 0.2) is 5.78 Å². The molecule has 0 aliphatic carbocycles. The van der Waals surface area contributed by atoms with Crippen LogP contribution < -0.4 is 0 Å². The summed E-state index contributed by atoms with van der Waals surface area (Å²) in [6.45, 7) is 6.35. The van der Waals surface area contributed by atoms with Crippen LogP contribution in [0.5, 0.6) is 0 Å². The highest BCUT2D eigenvalue weighted by Gasteiger charge is 2.18. The van der Waals surface area contributed by atoms with E-state index in [1.54, 1.807) is 0 Å². The van der Waals surface area contributed by atoms with Crippen LogP contribution in [0.4, 0.5) is 0 Å². The van der Waals surface area contributed by atoms with Crippen molar-refractivity contribution < 1.29 is 14.7 Å². The van der Waals surface area contributed by atoms with E-state index >= 15 is 0 Å². The number of hydrogen-bond acceptors (Lipinski definition) is 2. The van der Waals surface area contributed by atoms with Crippen molar-refractivity contribution in [2.24, 2.45) is 5.92 Å². The quantitative estimate of drug-likeness (QED) is 0.354. The van der Waals surface area contributed by atoms with E-state index < -0.39 is 17.7 Å². The number of rotatable bonds is 4. The smallest absolute Gasteiger partial charge is 0.318 e. The molecule has 1 N–H and O–H groups in total. The van der Waals surface area contributed by atoms with Crippen LogP contribution >= 0.6 is 0 Å². The second-order valence-corrected chi connectivity index (χ2v) is 1.66. The Bertz CT molecular complexity index is 181. The first kappa shape index (κ1) is 8.62. The summed E-state index contributed by atoms with van der Waals surface area (Å²) < 4.78 is 0. The largest absolute Gasteiger partial charge is 0.480 e. The maximum Gasteiger partial charge on any atom is 0.318 e. The van der Waals surface area contributed by atoms with Gasteiger partial charge >= 0.3 is 5.97 Å².